The lowest BCUT2D eigenvalue weighted by molar-refractivity contribution is 0.280. The summed E-state index contributed by atoms with van der Waals surface area (Å²) in [5, 5.41) is 14.5. The summed E-state index contributed by atoms with van der Waals surface area (Å²) in [6.07, 6.45) is 2.30. The van der Waals surface area contributed by atoms with E-state index < -0.39 is 0 Å². The molecular weight excluding hydrogens is 236 g/mol. The third kappa shape index (κ3) is 1.85. The van der Waals surface area contributed by atoms with Gasteiger partial charge in [-0.3, -0.25) is 0 Å². The second-order valence-corrected chi connectivity index (χ2v) is 4.69. The first-order chi connectivity index (χ1) is 8.31. The molecule has 1 heterocycles. The number of hydrogen-bond acceptors (Lipinski definition) is 2. The molecule has 3 rings (SSSR count). The number of benzene rings is 1. The van der Waals surface area contributed by atoms with Gasteiger partial charge in [0.05, 0.1) is 18.0 Å². The van der Waals surface area contributed by atoms with E-state index in [4.69, 9.17) is 11.6 Å². The largest absolute Gasteiger partial charge is 0.391 e. The molecule has 3 nitrogen and oxygen atoms in total. The maximum absolute atomic E-state index is 9.40. The molecule has 1 aliphatic rings. The van der Waals surface area contributed by atoms with E-state index in [1.807, 2.05) is 30.3 Å². The summed E-state index contributed by atoms with van der Waals surface area (Å²) >= 11 is 6.28. The van der Waals surface area contributed by atoms with Crippen molar-refractivity contribution in [2.24, 2.45) is 0 Å². The second kappa shape index (κ2) is 4.17. The number of para-hydroxylation sites is 1. The van der Waals surface area contributed by atoms with E-state index in [1.54, 1.807) is 4.68 Å². The summed E-state index contributed by atoms with van der Waals surface area (Å²) < 4.78 is 1.71. The molecule has 1 aliphatic carbocycles. The van der Waals surface area contributed by atoms with Crippen LogP contribution in [0.2, 0.25) is 5.15 Å². The van der Waals surface area contributed by atoms with Crippen molar-refractivity contribution in [3.05, 3.63) is 46.7 Å². The summed E-state index contributed by atoms with van der Waals surface area (Å²) in [6, 6.07) is 9.76. The van der Waals surface area contributed by atoms with E-state index in [1.165, 1.54) is 0 Å². The normalized spacial score (nSPS) is 15.2. The van der Waals surface area contributed by atoms with Crippen molar-refractivity contribution in [2.45, 2.75) is 25.4 Å². The van der Waals surface area contributed by atoms with Crippen LogP contribution in [-0.2, 0) is 6.61 Å². The minimum absolute atomic E-state index is 0.0441. The smallest absolute Gasteiger partial charge is 0.138 e. The first kappa shape index (κ1) is 10.8. The highest BCUT2D eigenvalue weighted by molar-refractivity contribution is 6.30. The first-order valence-electron chi connectivity index (χ1n) is 5.75. The van der Waals surface area contributed by atoms with Gasteiger partial charge in [-0.05, 0) is 25.0 Å². The number of aromatic nitrogens is 2. The lowest BCUT2D eigenvalue weighted by Crippen LogP contribution is -1.96. The fourth-order valence-corrected chi connectivity index (χ4v) is 2.31. The number of nitrogens with zero attached hydrogens (tertiary/aromatic N) is 2. The van der Waals surface area contributed by atoms with Crippen molar-refractivity contribution < 1.29 is 5.11 Å². The number of halogens is 1. The SMILES string of the molecule is OCc1c(C2CC2)nn(-c2ccccc2)c1Cl. The van der Waals surface area contributed by atoms with E-state index >= 15 is 0 Å². The molecule has 2 aromatic rings. The van der Waals surface area contributed by atoms with Crippen LogP contribution in [0.4, 0.5) is 0 Å². The van der Waals surface area contributed by atoms with Crippen LogP contribution < -0.4 is 0 Å². The summed E-state index contributed by atoms with van der Waals surface area (Å²) in [4.78, 5) is 0. The Morgan fingerprint density at radius 3 is 2.59 bits per heavy atom. The van der Waals surface area contributed by atoms with Crippen LogP contribution in [0.25, 0.3) is 5.69 Å². The molecular formula is C13H13ClN2O. The summed E-state index contributed by atoms with van der Waals surface area (Å²) in [5.41, 5.74) is 2.67. The topological polar surface area (TPSA) is 38.1 Å². The molecule has 1 N–H and O–H groups in total. The van der Waals surface area contributed by atoms with Crippen molar-refractivity contribution in [3.8, 4) is 5.69 Å². The van der Waals surface area contributed by atoms with Gasteiger partial charge in [-0.25, -0.2) is 4.68 Å². The Balaban J connectivity index is 2.11. The molecule has 0 unspecified atom stereocenters. The second-order valence-electron chi connectivity index (χ2n) is 4.33. The molecule has 0 radical (unpaired) electrons. The lowest BCUT2D eigenvalue weighted by atomic mass is 10.2. The highest BCUT2D eigenvalue weighted by Gasteiger charge is 2.31. The first-order valence-corrected chi connectivity index (χ1v) is 6.12. The summed E-state index contributed by atoms with van der Waals surface area (Å²) in [6.45, 7) is -0.0441. The van der Waals surface area contributed by atoms with E-state index in [0.717, 1.165) is 29.8 Å². The lowest BCUT2D eigenvalue weighted by Gasteiger charge is -2.02. The predicted octanol–water partition coefficient (Wildman–Crippen LogP) is 2.90. The third-order valence-electron chi connectivity index (χ3n) is 3.07. The van der Waals surface area contributed by atoms with Crippen LogP contribution in [0.15, 0.2) is 30.3 Å². The average molecular weight is 249 g/mol. The van der Waals surface area contributed by atoms with E-state index in [2.05, 4.69) is 5.10 Å². The standard InChI is InChI=1S/C13H13ClN2O/c14-13-11(8-17)12(9-6-7-9)15-16(13)10-4-2-1-3-5-10/h1-5,9,17H,6-8H2. The van der Waals surface area contributed by atoms with Crippen LogP contribution >= 0.6 is 11.6 Å². The summed E-state index contributed by atoms with van der Waals surface area (Å²) in [7, 11) is 0. The molecule has 0 atom stereocenters. The number of hydrogen-bond donors (Lipinski definition) is 1. The van der Waals surface area contributed by atoms with Crippen LogP contribution in [0.3, 0.4) is 0 Å². The Kier molecular flexibility index (Phi) is 2.65. The number of aliphatic hydroxyl groups excluding tert-OH is 1. The fourth-order valence-electron chi connectivity index (χ4n) is 2.02. The van der Waals surface area contributed by atoms with E-state index in [9.17, 15) is 5.11 Å². The van der Waals surface area contributed by atoms with Gasteiger partial charge in [0, 0.05) is 11.5 Å². The van der Waals surface area contributed by atoms with Gasteiger partial charge in [0.25, 0.3) is 0 Å². The van der Waals surface area contributed by atoms with E-state index in [0.29, 0.717) is 11.1 Å². The molecule has 0 spiro atoms. The highest BCUT2D eigenvalue weighted by Crippen LogP contribution is 2.43. The van der Waals surface area contributed by atoms with Gasteiger partial charge in [0.2, 0.25) is 0 Å². The van der Waals surface area contributed by atoms with Crippen LogP contribution in [0, 0.1) is 0 Å². The zero-order chi connectivity index (χ0) is 11.8. The molecule has 0 bridgehead atoms. The Hall–Kier alpha value is -1.32. The molecule has 1 saturated carbocycles. The maximum Gasteiger partial charge on any atom is 0.138 e. The van der Waals surface area contributed by atoms with Crippen LogP contribution in [0.1, 0.15) is 30.0 Å². The number of aliphatic hydroxyl groups is 1. The molecule has 0 saturated heterocycles. The molecule has 88 valence electrons. The van der Waals surface area contributed by atoms with Gasteiger partial charge in [-0.15, -0.1) is 0 Å². The molecule has 0 aliphatic heterocycles. The minimum atomic E-state index is -0.0441. The Labute approximate surface area is 105 Å². The van der Waals surface area contributed by atoms with Gasteiger partial charge in [0.1, 0.15) is 5.15 Å². The molecule has 4 heteroatoms. The Morgan fingerprint density at radius 2 is 2.00 bits per heavy atom. The molecule has 17 heavy (non-hydrogen) atoms. The molecule has 1 aromatic carbocycles. The van der Waals surface area contributed by atoms with Gasteiger partial charge in [-0.1, -0.05) is 29.8 Å². The highest BCUT2D eigenvalue weighted by atomic mass is 35.5. The molecule has 0 amide bonds. The predicted molar refractivity (Wildman–Crippen MR) is 66.5 cm³/mol. The van der Waals surface area contributed by atoms with Crippen molar-refractivity contribution in [3.63, 3.8) is 0 Å². The van der Waals surface area contributed by atoms with Crippen molar-refractivity contribution >= 4 is 11.6 Å². The van der Waals surface area contributed by atoms with Crippen molar-refractivity contribution in [2.75, 3.05) is 0 Å². The zero-order valence-corrected chi connectivity index (χ0v) is 10.1. The van der Waals surface area contributed by atoms with E-state index in [-0.39, 0.29) is 6.61 Å². The summed E-state index contributed by atoms with van der Waals surface area (Å²) in [5.74, 6) is 0.486. The molecule has 1 fully saturated rings. The van der Waals surface area contributed by atoms with Crippen LogP contribution in [0.5, 0.6) is 0 Å². The van der Waals surface area contributed by atoms with Gasteiger partial charge in [0.15, 0.2) is 0 Å². The average Bonchev–Trinajstić information content (AvgIpc) is 3.15. The van der Waals surface area contributed by atoms with Gasteiger partial charge < -0.3 is 5.11 Å². The Morgan fingerprint density at radius 1 is 1.29 bits per heavy atom. The Bertz CT molecular complexity index is 532. The zero-order valence-electron chi connectivity index (χ0n) is 9.31. The van der Waals surface area contributed by atoms with Crippen molar-refractivity contribution in [1.82, 2.24) is 9.78 Å². The quantitative estimate of drug-likeness (QED) is 0.907. The third-order valence-corrected chi connectivity index (χ3v) is 3.46. The number of rotatable bonds is 3. The minimum Gasteiger partial charge on any atom is -0.391 e. The van der Waals surface area contributed by atoms with Crippen LogP contribution in [-0.4, -0.2) is 14.9 Å². The monoisotopic (exact) mass is 248 g/mol. The maximum atomic E-state index is 9.40. The molecule has 1 aromatic heterocycles. The van der Waals surface area contributed by atoms with Crippen molar-refractivity contribution in [1.29, 1.82) is 0 Å². The van der Waals surface area contributed by atoms with Gasteiger partial charge >= 0.3 is 0 Å². The van der Waals surface area contributed by atoms with Gasteiger partial charge in [-0.2, -0.15) is 5.10 Å². The fraction of sp³-hybridized carbons (Fsp3) is 0.308.